The molecule has 0 heterocycles. The Morgan fingerprint density at radius 1 is 0.821 bits per heavy atom. The van der Waals surface area contributed by atoms with Crippen LogP contribution in [-0.4, -0.2) is 113 Å². The molecule has 39 heavy (non-hydrogen) atoms. The predicted octanol–water partition coefficient (Wildman–Crippen LogP) is 1.60. The molecule has 0 rings (SSSR count). The summed E-state index contributed by atoms with van der Waals surface area (Å²) >= 11 is 1.52. The van der Waals surface area contributed by atoms with Crippen molar-refractivity contribution in [2.24, 2.45) is 5.92 Å². The molecule has 2 unspecified atom stereocenters. The Morgan fingerprint density at radius 2 is 1.31 bits per heavy atom. The first-order valence-electron chi connectivity index (χ1n) is 13.2. The number of rotatable bonds is 26. The minimum atomic E-state index is -2.56. The molecule has 0 aromatic heterocycles. The van der Waals surface area contributed by atoms with E-state index >= 15 is 0 Å². The first-order valence-corrected chi connectivity index (χ1v) is 16.4. The van der Waals surface area contributed by atoms with Gasteiger partial charge >= 0.3 is 6.09 Å². The maximum absolute atomic E-state index is 11.9. The number of unbranched alkanes of at least 4 members (excludes halogenated alkanes) is 1. The van der Waals surface area contributed by atoms with Crippen LogP contribution in [0.4, 0.5) is 4.79 Å². The maximum atomic E-state index is 11.9. The monoisotopic (exact) mass is 695 g/mol. The van der Waals surface area contributed by atoms with Crippen molar-refractivity contribution in [3.63, 3.8) is 0 Å². The highest BCUT2D eigenvalue weighted by molar-refractivity contribution is 14.1. The summed E-state index contributed by atoms with van der Waals surface area (Å²) in [6.45, 7) is 6.08. The maximum Gasteiger partial charge on any atom is 0.416 e. The van der Waals surface area contributed by atoms with E-state index in [-0.39, 0.29) is 43.8 Å². The minimum absolute atomic E-state index is 0.0280. The van der Waals surface area contributed by atoms with Gasteiger partial charge in [-0.3, -0.25) is 9.59 Å². The molecule has 2 atom stereocenters. The first-order chi connectivity index (χ1) is 18.7. The van der Waals surface area contributed by atoms with Crippen LogP contribution in [0.25, 0.3) is 0 Å². The van der Waals surface area contributed by atoms with Crippen LogP contribution < -0.4 is 16.0 Å². The molecule has 0 aliphatic rings. The normalized spacial score (nSPS) is 13.3. The number of hydrogen-bond donors (Lipinski definition) is 5. The molecule has 0 bridgehead atoms. The van der Waals surface area contributed by atoms with Gasteiger partial charge in [0.2, 0.25) is 11.8 Å². The van der Waals surface area contributed by atoms with Crippen LogP contribution in [0, 0.1) is 5.92 Å². The average Bonchev–Trinajstić information content (AvgIpc) is 2.90. The fraction of sp³-hybridized carbons (Fsp3) is 0.833. The molecule has 15 heteroatoms. The predicted molar refractivity (Wildman–Crippen MR) is 158 cm³/mol. The quantitative estimate of drug-likeness (QED) is 0.0509. The molecule has 0 aliphatic heterocycles. The Bertz CT molecular complexity index is 699. The zero-order chi connectivity index (χ0) is 29.2. The highest BCUT2D eigenvalue weighted by Gasteiger charge is 2.11. The Hall–Kier alpha value is -1.00. The van der Waals surface area contributed by atoms with Crippen LogP contribution in [0.2, 0.25) is 0 Å². The van der Waals surface area contributed by atoms with Crippen LogP contribution in [0.1, 0.15) is 44.9 Å². The second kappa shape index (κ2) is 25.9. The lowest BCUT2D eigenvalue weighted by atomic mass is 10.0. The molecule has 3 amide bonds. The van der Waals surface area contributed by atoms with Gasteiger partial charge in [0.25, 0.3) is 0 Å². The number of nitrogens with one attached hydrogen (secondary N) is 3. The fourth-order valence-electron chi connectivity index (χ4n) is 3.02. The largest absolute Gasteiger partial charge is 0.416 e. The van der Waals surface area contributed by atoms with Crippen LogP contribution >= 0.6 is 30.3 Å². The number of carbonyl (C=O) groups excluding carboxylic acids is 3. The van der Waals surface area contributed by atoms with E-state index in [1.807, 2.05) is 0 Å². The molecule has 0 aliphatic carbocycles. The molecule has 0 radical (unpaired) electrons. The third-order valence-corrected chi connectivity index (χ3v) is 6.23. The summed E-state index contributed by atoms with van der Waals surface area (Å²) < 4.78 is 25.9. The van der Waals surface area contributed by atoms with Gasteiger partial charge in [-0.05, 0) is 25.7 Å². The van der Waals surface area contributed by atoms with E-state index in [0.717, 1.165) is 19.3 Å². The fourth-order valence-corrected chi connectivity index (χ4v) is 3.71. The van der Waals surface area contributed by atoms with Gasteiger partial charge in [0, 0.05) is 64.9 Å². The van der Waals surface area contributed by atoms with Gasteiger partial charge in [-0.2, -0.15) is 0 Å². The molecule has 0 aromatic rings. The summed E-state index contributed by atoms with van der Waals surface area (Å²) in [4.78, 5) is 44.2. The number of ether oxygens (including phenoxy) is 3. The number of hydrogen-bond acceptors (Lipinski definition) is 10. The van der Waals surface area contributed by atoms with Crippen LogP contribution in [0.15, 0.2) is 0 Å². The minimum Gasteiger partial charge on any atom is -0.396 e. The van der Waals surface area contributed by atoms with Gasteiger partial charge in [-0.25, -0.2) is 4.79 Å². The SMILES string of the molecule is C=P(C)(O)OCC(CO)CCCCNC(=O)CCC(=O)NCCCOCCOCCOCCCNC(=O)OI. The van der Waals surface area contributed by atoms with Crippen molar-refractivity contribution in [3.05, 3.63) is 0 Å². The van der Waals surface area contributed by atoms with Gasteiger partial charge < -0.3 is 47.8 Å². The molecular weight excluding hydrogens is 648 g/mol. The van der Waals surface area contributed by atoms with Crippen molar-refractivity contribution in [1.29, 1.82) is 0 Å². The molecule has 0 saturated carbocycles. The number of aliphatic hydroxyl groups excluding tert-OH is 1. The van der Waals surface area contributed by atoms with Crippen LogP contribution in [-0.2, 0) is 31.4 Å². The Kier molecular flexibility index (Phi) is 25.3. The standard InChI is InChI=1S/C24H47IN3O10P/c1-39(2,33)37-20-21(19-29)7-3-4-10-26-22(30)8-9-23(31)27-11-5-13-34-15-17-36-18-16-35-14-6-12-28-24(32)38-25/h21,29,33H,1,3-20H2,2H3,(H,26,30)(H,27,31)(H,28,32). The smallest absolute Gasteiger partial charge is 0.396 e. The van der Waals surface area contributed by atoms with Gasteiger partial charge in [0.1, 0.15) is 7.34 Å². The summed E-state index contributed by atoms with van der Waals surface area (Å²) in [5.41, 5.74) is 0. The van der Waals surface area contributed by atoms with Gasteiger partial charge in [0.15, 0.2) is 23.0 Å². The molecule has 0 aromatic carbocycles. The molecule has 0 saturated heterocycles. The number of carbonyl (C=O) groups is 3. The van der Waals surface area contributed by atoms with Crippen molar-refractivity contribution in [2.75, 3.05) is 79.2 Å². The van der Waals surface area contributed by atoms with E-state index in [9.17, 15) is 24.4 Å². The zero-order valence-corrected chi connectivity index (χ0v) is 26.0. The number of amides is 3. The number of halogens is 1. The van der Waals surface area contributed by atoms with Crippen LogP contribution in [0.3, 0.4) is 0 Å². The highest BCUT2D eigenvalue weighted by atomic mass is 127. The first kappa shape index (κ1) is 38.0. The van der Waals surface area contributed by atoms with Crippen molar-refractivity contribution in [2.45, 2.75) is 44.9 Å². The van der Waals surface area contributed by atoms with Gasteiger partial charge in [0.05, 0.1) is 33.0 Å². The third-order valence-electron chi connectivity index (χ3n) is 5.12. The average molecular weight is 696 g/mol. The van der Waals surface area contributed by atoms with Crippen LogP contribution in [0.5, 0.6) is 0 Å². The van der Waals surface area contributed by atoms with E-state index in [0.29, 0.717) is 72.1 Å². The summed E-state index contributed by atoms with van der Waals surface area (Å²) in [7, 11) is -2.56. The Balaban J connectivity index is 3.46. The highest BCUT2D eigenvalue weighted by Crippen LogP contribution is 2.36. The molecular formula is C24H47IN3O10P. The molecule has 0 spiro atoms. The molecule has 0 fully saturated rings. The summed E-state index contributed by atoms with van der Waals surface area (Å²) in [5, 5.41) is 17.5. The summed E-state index contributed by atoms with van der Waals surface area (Å²) in [6.07, 6.45) is 6.97. The van der Waals surface area contributed by atoms with E-state index in [1.54, 1.807) is 6.66 Å². The van der Waals surface area contributed by atoms with Crippen molar-refractivity contribution in [1.82, 2.24) is 16.0 Å². The van der Waals surface area contributed by atoms with Crippen molar-refractivity contribution >= 4 is 54.6 Å². The summed E-state index contributed by atoms with van der Waals surface area (Å²) in [5.74, 6) is -0.416. The topological polar surface area (TPSA) is 174 Å². The van der Waals surface area contributed by atoms with E-state index < -0.39 is 13.4 Å². The Labute approximate surface area is 246 Å². The zero-order valence-electron chi connectivity index (χ0n) is 23.0. The van der Waals surface area contributed by atoms with Crippen molar-refractivity contribution < 1.29 is 46.2 Å². The second-order valence-electron chi connectivity index (χ2n) is 8.93. The Morgan fingerprint density at radius 3 is 1.79 bits per heavy atom. The van der Waals surface area contributed by atoms with Gasteiger partial charge in [-0.1, -0.05) is 12.7 Å². The van der Waals surface area contributed by atoms with E-state index in [4.69, 9.17) is 18.7 Å². The number of aliphatic hydroxyl groups is 1. The lowest BCUT2D eigenvalue weighted by Crippen LogP contribution is -2.29. The molecule has 13 nitrogen and oxygen atoms in total. The van der Waals surface area contributed by atoms with Gasteiger partial charge in [-0.15, -0.1) is 0 Å². The second-order valence-corrected chi connectivity index (χ2v) is 11.7. The van der Waals surface area contributed by atoms with E-state index in [1.165, 1.54) is 23.0 Å². The molecule has 230 valence electrons. The third kappa shape index (κ3) is 28.3. The summed E-state index contributed by atoms with van der Waals surface area (Å²) in [6, 6.07) is 0. The van der Waals surface area contributed by atoms with E-state index in [2.05, 4.69) is 25.3 Å². The van der Waals surface area contributed by atoms with Crippen molar-refractivity contribution in [3.8, 4) is 0 Å². The molecule has 5 N–H and O–H groups in total. The lowest BCUT2D eigenvalue weighted by Gasteiger charge is -2.18. The lowest BCUT2D eigenvalue weighted by molar-refractivity contribution is -0.126.